The molecule has 0 aliphatic carbocycles. The first-order valence-electron chi connectivity index (χ1n) is 4.69. The molecule has 3 heteroatoms. The SMILES string of the molecule is CCC(C)(CN)c1c(Cl)cccc1Cl. The van der Waals surface area contributed by atoms with Crippen molar-refractivity contribution in [1.29, 1.82) is 0 Å². The van der Waals surface area contributed by atoms with Crippen molar-refractivity contribution in [3.63, 3.8) is 0 Å². The normalized spacial score (nSPS) is 15.2. The summed E-state index contributed by atoms with van der Waals surface area (Å²) in [7, 11) is 0. The van der Waals surface area contributed by atoms with Crippen molar-refractivity contribution in [2.24, 2.45) is 5.73 Å². The molecule has 1 unspecified atom stereocenters. The summed E-state index contributed by atoms with van der Waals surface area (Å²) in [5.74, 6) is 0. The molecule has 1 nitrogen and oxygen atoms in total. The third-order valence-electron chi connectivity index (χ3n) is 2.80. The van der Waals surface area contributed by atoms with Crippen LogP contribution in [0.4, 0.5) is 0 Å². The summed E-state index contributed by atoms with van der Waals surface area (Å²) in [6.45, 7) is 4.72. The lowest BCUT2D eigenvalue weighted by atomic mass is 9.80. The van der Waals surface area contributed by atoms with E-state index in [0.717, 1.165) is 12.0 Å². The van der Waals surface area contributed by atoms with Crippen LogP contribution >= 0.6 is 23.2 Å². The fraction of sp³-hybridized carbons (Fsp3) is 0.455. The van der Waals surface area contributed by atoms with Gasteiger partial charge in [0, 0.05) is 22.0 Å². The zero-order valence-corrected chi connectivity index (χ0v) is 9.99. The van der Waals surface area contributed by atoms with E-state index in [9.17, 15) is 0 Å². The molecular formula is C11H15Cl2N. The van der Waals surface area contributed by atoms with Gasteiger partial charge in [0.2, 0.25) is 0 Å². The Labute approximate surface area is 95.2 Å². The molecule has 0 aliphatic rings. The zero-order chi connectivity index (χ0) is 10.8. The van der Waals surface area contributed by atoms with Crippen molar-refractivity contribution in [3.8, 4) is 0 Å². The van der Waals surface area contributed by atoms with Gasteiger partial charge in [-0.05, 0) is 24.1 Å². The van der Waals surface area contributed by atoms with E-state index in [1.165, 1.54) is 0 Å². The van der Waals surface area contributed by atoms with Crippen molar-refractivity contribution in [2.75, 3.05) is 6.54 Å². The monoisotopic (exact) mass is 231 g/mol. The Kier molecular flexibility index (Phi) is 3.82. The number of halogens is 2. The summed E-state index contributed by atoms with van der Waals surface area (Å²) >= 11 is 12.3. The van der Waals surface area contributed by atoms with E-state index < -0.39 is 0 Å². The first-order chi connectivity index (χ1) is 6.55. The molecule has 0 saturated heterocycles. The number of benzene rings is 1. The molecule has 0 amide bonds. The highest BCUT2D eigenvalue weighted by Crippen LogP contribution is 2.37. The molecule has 1 aromatic rings. The second kappa shape index (κ2) is 4.52. The second-order valence-corrected chi connectivity index (χ2v) is 4.53. The van der Waals surface area contributed by atoms with Crippen LogP contribution in [0.5, 0.6) is 0 Å². The first kappa shape index (κ1) is 11.8. The highest BCUT2D eigenvalue weighted by Gasteiger charge is 2.27. The van der Waals surface area contributed by atoms with Gasteiger partial charge in [-0.1, -0.05) is 43.1 Å². The van der Waals surface area contributed by atoms with E-state index in [0.29, 0.717) is 16.6 Å². The van der Waals surface area contributed by atoms with Crippen LogP contribution in [0.2, 0.25) is 10.0 Å². The molecule has 0 bridgehead atoms. The Morgan fingerprint density at radius 2 is 1.79 bits per heavy atom. The fourth-order valence-corrected chi connectivity index (χ4v) is 2.35. The molecule has 0 fully saturated rings. The zero-order valence-electron chi connectivity index (χ0n) is 8.48. The quantitative estimate of drug-likeness (QED) is 0.846. The van der Waals surface area contributed by atoms with Crippen molar-refractivity contribution in [3.05, 3.63) is 33.8 Å². The van der Waals surface area contributed by atoms with Gasteiger partial charge in [-0.3, -0.25) is 0 Å². The Morgan fingerprint density at radius 3 is 2.14 bits per heavy atom. The third kappa shape index (κ3) is 2.05. The minimum atomic E-state index is -0.130. The van der Waals surface area contributed by atoms with Crippen LogP contribution in [0.3, 0.4) is 0 Å². The molecule has 1 rings (SSSR count). The average Bonchev–Trinajstić information content (AvgIpc) is 2.17. The van der Waals surface area contributed by atoms with Crippen molar-refractivity contribution >= 4 is 23.2 Å². The summed E-state index contributed by atoms with van der Waals surface area (Å²) in [4.78, 5) is 0. The average molecular weight is 232 g/mol. The minimum Gasteiger partial charge on any atom is -0.330 e. The number of hydrogen-bond acceptors (Lipinski definition) is 1. The van der Waals surface area contributed by atoms with Gasteiger partial charge in [-0.15, -0.1) is 0 Å². The largest absolute Gasteiger partial charge is 0.330 e. The molecule has 0 radical (unpaired) electrons. The lowest BCUT2D eigenvalue weighted by molar-refractivity contribution is 0.467. The van der Waals surface area contributed by atoms with E-state index >= 15 is 0 Å². The molecule has 14 heavy (non-hydrogen) atoms. The molecule has 78 valence electrons. The van der Waals surface area contributed by atoms with Crippen LogP contribution in [0.15, 0.2) is 18.2 Å². The molecule has 2 N–H and O–H groups in total. The highest BCUT2D eigenvalue weighted by atomic mass is 35.5. The molecule has 0 heterocycles. The predicted octanol–water partition coefficient (Wildman–Crippen LogP) is 3.62. The molecular weight excluding hydrogens is 217 g/mol. The Hall–Kier alpha value is -0.240. The molecule has 0 spiro atoms. The molecule has 1 atom stereocenters. The second-order valence-electron chi connectivity index (χ2n) is 3.71. The van der Waals surface area contributed by atoms with Crippen LogP contribution in [0, 0.1) is 0 Å². The number of hydrogen-bond donors (Lipinski definition) is 1. The van der Waals surface area contributed by atoms with E-state index in [4.69, 9.17) is 28.9 Å². The summed E-state index contributed by atoms with van der Waals surface area (Å²) in [5, 5.41) is 1.40. The highest BCUT2D eigenvalue weighted by molar-refractivity contribution is 6.36. The standard InChI is InChI=1S/C11H15Cl2N/c1-3-11(2,7-14)10-8(12)5-4-6-9(10)13/h4-6H,3,7,14H2,1-2H3. The Balaban J connectivity index is 3.29. The topological polar surface area (TPSA) is 26.0 Å². The van der Waals surface area contributed by atoms with Crippen LogP contribution in [0.1, 0.15) is 25.8 Å². The molecule has 1 aromatic carbocycles. The van der Waals surface area contributed by atoms with Crippen molar-refractivity contribution < 1.29 is 0 Å². The third-order valence-corrected chi connectivity index (χ3v) is 3.43. The minimum absolute atomic E-state index is 0.130. The van der Waals surface area contributed by atoms with Gasteiger partial charge in [-0.25, -0.2) is 0 Å². The maximum absolute atomic E-state index is 6.13. The van der Waals surface area contributed by atoms with Gasteiger partial charge < -0.3 is 5.73 Å². The van der Waals surface area contributed by atoms with E-state index in [1.807, 2.05) is 18.2 Å². The van der Waals surface area contributed by atoms with Crippen LogP contribution in [-0.2, 0) is 5.41 Å². The Bertz CT molecular complexity index is 299. The lowest BCUT2D eigenvalue weighted by Gasteiger charge is -2.29. The van der Waals surface area contributed by atoms with E-state index in [-0.39, 0.29) is 5.41 Å². The fourth-order valence-electron chi connectivity index (χ4n) is 1.50. The predicted molar refractivity (Wildman–Crippen MR) is 63.2 cm³/mol. The van der Waals surface area contributed by atoms with Gasteiger partial charge in [-0.2, -0.15) is 0 Å². The van der Waals surface area contributed by atoms with Gasteiger partial charge in [0.1, 0.15) is 0 Å². The van der Waals surface area contributed by atoms with Crippen molar-refractivity contribution in [1.82, 2.24) is 0 Å². The van der Waals surface area contributed by atoms with Crippen LogP contribution in [0.25, 0.3) is 0 Å². The Morgan fingerprint density at radius 1 is 1.29 bits per heavy atom. The number of nitrogens with two attached hydrogens (primary N) is 1. The first-order valence-corrected chi connectivity index (χ1v) is 5.45. The summed E-state index contributed by atoms with van der Waals surface area (Å²) < 4.78 is 0. The number of rotatable bonds is 3. The van der Waals surface area contributed by atoms with Gasteiger partial charge in [0.05, 0.1) is 0 Å². The van der Waals surface area contributed by atoms with Gasteiger partial charge in [0.25, 0.3) is 0 Å². The molecule has 0 saturated carbocycles. The van der Waals surface area contributed by atoms with Crippen LogP contribution < -0.4 is 5.73 Å². The maximum Gasteiger partial charge on any atom is 0.0458 e. The van der Waals surface area contributed by atoms with Crippen molar-refractivity contribution in [2.45, 2.75) is 25.7 Å². The van der Waals surface area contributed by atoms with Gasteiger partial charge in [0.15, 0.2) is 0 Å². The molecule has 0 aliphatic heterocycles. The molecule has 0 aromatic heterocycles. The van der Waals surface area contributed by atoms with E-state index in [2.05, 4.69) is 13.8 Å². The summed E-state index contributed by atoms with van der Waals surface area (Å²) in [6, 6.07) is 5.56. The lowest BCUT2D eigenvalue weighted by Crippen LogP contribution is -2.31. The van der Waals surface area contributed by atoms with Gasteiger partial charge >= 0.3 is 0 Å². The summed E-state index contributed by atoms with van der Waals surface area (Å²) in [5.41, 5.74) is 6.61. The smallest absolute Gasteiger partial charge is 0.0458 e. The summed E-state index contributed by atoms with van der Waals surface area (Å²) in [6.07, 6.45) is 0.924. The van der Waals surface area contributed by atoms with E-state index in [1.54, 1.807) is 0 Å². The maximum atomic E-state index is 6.13. The van der Waals surface area contributed by atoms with Crippen LogP contribution in [-0.4, -0.2) is 6.54 Å².